The lowest BCUT2D eigenvalue weighted by Gasteiger charge is -2.34. The molecule has 3 heterocycles. The average Bonchev–Trinajstić information content (AvgIpc) is 3.00. The van der Waals surface area contributed by atoms with Crippen LogP contribution in [-0.2, 0) is 21.8 Å². The molecule has 0 saturated carbocycles. The third-order valence-electron chi connectivity index (χ3n) is 5.24. The van der Waals surface area contributed by atoms with Crippen molar-refractivity contribution < 1.29 is 17.9 Å². The number of fused-ring (bicyclic) bond motifs is 1. The van der Waals surface area contributed by atoms with Crippen LogP contribution in [-0.4, -0.2) is 58.7 Å². The van der Waals surface area contributed by atoms with Gasteiger partial charge in [-0.3, -0.25) is 9.48 Å². The SMILES string of the molecule is Cc1nn(C)c2ncc(NC(=O)c3cccc(S(=O)(=O)N4CC(C)OC(C)C4)c3)cc12. The van der Waals surface area contributed by atoms with Crippen molar-refractivity contribution >= 4 is 32.7 Å². The van der Waals surface area contributed by atoms with E-state index in [9.17, 15) is 13.2 Å². The maximum Gasteiger partial charge on any atom is 0.255 e. The summed E-state index contributed by atoms with van der Waals surface area (Å²) in [5, 5.41) is 7.96. The summed E-state index contributed by atoms with van der Waals surface area (Å²) in [5.41, 5.74) is 2.29. The number of carbonyl (C=O) groups is 1. The van der Waals surface area contributed by atoms with Gasteiger partial charge >= 0.3 is 0 Å². The molecule has 0 aliphatic carbocycles. The molecule has 0 radical (unpaired) electrons. The molecule has 1 aliphatic heterocycles. The largest absolute Gasteiger partial charge is 0.373 e. The van der Waals surface area contributed by atoms with Crippen LogP contribution in [0.5, 0.6) is 0 Å². The van der Waals surface area contributed by atoms with E-state index in [1.807, 2.05) is 27.8 Å². The number of anilines is 1. The highest BCUT2D eigenvalue weighted by Crippen LogP contribution is 2.23. The van der Waals surface area contributed by atoms with Gasteiger partial charge in [0.05, 0.1) is 34.7 Å². The number of amides is 1. The zero-order valence-electron chi connectivity index (χ0n) is 17.9. The Morgan fingerprint density at radius 3 is 2.61 bits per heavy atom. The molecule has 1 saturated heterocycles. The molecule has 31 heavy (non-hydrogen) atoms. The molecule has 1 fully saturated rings. The van der Waals surface area contributed by atoms with Crippen LogP contribution in [0.3, 0.4) is 0 Å². The smallest absolute Gasteiger partial charge is 0.255 e. The molecule has 3 aromatic rings. The van der Waals surface area contributed by atoms with Crippen LogP contribution >= 0.6 is 0 Å². The van der Waals surface area contributed by atoms with Gasteiger partial charge in [-0.25, -0.2) is 13.4 Å². The number of carbonyl (C=O) groups excluding carboxylic acids is 1. The van der Waals surface area contributed by atoms with Gasteiger partial charge in [-0.2, -0.15) is 9.40 Å². The van der Waals surface area contributed by atoms with Crippen LogP contribution < -0.4 is 5.32 Å². The van der Waals surface area contributed by atoms with Crippen molar-refractivity contribution in [3.8, 4) is 0 Å². The number of nitrogens with zero attached hydrogens (tertiary/aromatic N) is 4. The molecule has 2 atom stereocenters. The van der Waals surface area contributed by atoms with E-state index in [0.29, 0.717) is 5.69 Å². The highest BCUT2D eigenvalue weighted by Gasteiger charge is 2.32. The number of hydrogen-bond donors (Lipinski definition) is 1. The van der Waals surface area contributed by atoms with Crippen molar-refractivity contribution in [3.05, 3.63) is 47.8 Å². The molecule has 2 aromatic heterocycles. The van der Waals surface area contributed by atoms with Gasteiger partial charge < -0.3 is 10.1 Å². The Morgan fingerprint density at radius 2 is 1.90 bits per heavy atom. The van der Waals surface area contributed by atoms with E-state index in [1.54, 1.807) is 29.1 Å². The fourth-order valence-electron chi connectivity index (χ4n) is 3.85. The molecule has 9 nitrogen and oxygen atoms in total. The summed E-state index contributed by atoms with van der Waals surface area (Å²) in [6.45, 7) is 6.11. The number of morpholine rings is 1. The summed E-state index contributed by atoms with van der Waals surface area (Å²) in [6, 6.07) is 7.86. The average molecular weight is 444 g/mol. The topological polar surface area (TPSA) is 106 Å². The van der Waals surface area contributed by atoms with Crippen molar-refractivity contribution in [2.24, 2.45) is 7.05 Å². The van der Waals surface area contributed by atoms with Crippen LogP contribution in [0, 0.1) is 6.92 Å². The third-order valence-corrected chi connectivity index (χ3v) is 7.07. The second kappa shape index (κ2) is 8.03. The van der Waals surface area contributed by atoms with E-state index in [1.165, 1.54) is 16.4 Å². The number of nitrogens with one attached hydrogen (secondary N) is 1. The minimum atomic E-state index is -3.74. The predicted molar refractivity (Wildman–Crippen MR) is 116 cm³/mol. The Bertz CT molecular complexity index is 1240. The zero-order valence-corrected chi connectivity index (χ0v) is 18.7. The number of benzene rings is 1. The number of aromatic nitrogens is 3. The van der Waals surface area contributed by atoms with E-state index in [2.05, 4.69) is 15.4 Å². The summed E-state index contributed by atoms with van der Waals surface area (Å²) in [4.78, 5) is 17.2. The zero-order chi connectivity index (χ0) is 22.3. The van der Waals surface area contributed by atoms with Gasteiger partial charge in [0.25, 0.3) is 5.91 Å². The first-order valence-electron chi connectivity index (χ1n) is 10.0. The maximum atomic E-state index is 13.1. The molecule has 1 amide bonds. The number of hydrogen-bond acceptors (Lipinski definition) is 6. The van der Waals surface area contributed by atoms with Crippen molar-refractivity contribution in [1.82, 2.24) is 19.1 Å². The number of sulfonamides is 1. The van der Waals surface area contributed by atoms with Gasteiger partial charge in [0.1, 0.15) is 0 Å². The lowest BCUT2D eigenvalue weighted by molar-refractivity contribution is -0.0440. The minimum Gasteiger partial charge on any atom is -0.373 e. The number of ether oxygens (including phenoxy) is 1. The normalized spacial score (nSPS) is 20.1. The second-order valence-electron chi connectivity index (χ2n) is 7.87. The predicted octanol–water partition coefficient (Wildman–Crippen LogP) is 2.33. The Morgan fingerprint density at radius 1 is 1.19 bits per heavy atom. The molecule has 4 rings (SSSR count). The summed E-state index contributed by atoms with van der Waals surface area (Å²) in [6.07, 6.45) is 1.17. The van der Waals surface area contributed by atoms with E-state index >= 15 is 0 Å². The van der Waals surface area contributed by atoms with Crippen molar-refractivity contribution in [3.63, 3.8) is 0 Å². The van der Waals surface area contributed by atoms with Gasteiger partial charge in [0, 0.05) is 31.1 Å². The second-order valence-corrected chi connectivity index (χ2v) is 9.80. The lowest BCUT2D eigenvalue weighted by atomic mass is 10.2. The number of pyridine rings is 1. The van der Waals surface area contributed by atoms with Crippen molar-refractivity contribution in [2.45, 2.75) is 37.9 Å². The van der Waals surface area contributed by atoms with Crippen molar-refractivity contribution in [1.29, 1.82) is 0 Å². The van der Waals surface area contributed by atoms with Gasteiger partial charge in [0.15, 0.2) is 5.65 Å². The molecule has 2 unspecified atom stereocenters. The minimum absolute atomic E-state index is 0.0816. The van der Waals surface area contributed by atoms with Gasteiger partial charge in [-0.15, -0.1) is 0 Å². The highest BCUT2D eigenvalue weighted by atomic mass is 32.2. The van der Waals surface area contributed by atoms with Crippen LogP contribution in [0.2, 0.25) is 0 Å². The molecule has 1 aliphatic rings. The summed E-state index contributed by atoms with van der Waals surface area (Å²) >= 11 is 0. The fraction of sp³-hybridized carbons (Fsp3) is 0.381. The summed E-state index contributed by atoms with van der Waals surface area (Å²) in [5.74, 6) is -0.413. The van der Waals surface area contributed by atoms with Crippen molar-refractivity contribution in [2.75, 3.05) is 18.4 Å². The molecule has 10 heteroatoms. The molecule has 164 valence electrons. The van der Waals surface area contributed by atoms with Crippen LogP contribution in [0.1, 0.15) is 29.9 Å². The Labute approximate surface area is 181 Å². The van der Waals surface area contributed by atoms with E-state index in [0.717, 1.165) is 16.7 Å². The van der Waals surface area contributed by atoms with Gasteiger partial charge in [0.2, 0.25) is 10.0 Å². The summed E-state index contributed by atoms with van der Waals surface area (Å²) < 4.78 is 35.0. The first kappa shape index (κ1) is 21.4. The molecule has 0 spiro atoms. The summed E-state index contributed by atoms with van der Waals surface area (Å²) in [7, 11) is -1.93. The number of aryl methyl sites for hydroxylation is 2. The standard InChI is InChI=1S/C21H25N5O4S/c1-13-11-26(12-14(2)30-13)31(28,29)18-7-5-6-16(8-18)21(27)23-17-9-19-15(3)24-25(4)20(19)22-10-17/h5-10,13-14H,11-12H2,1-4H3,(H,23,27). The Kier molecular flexibility index (Phi) is 5.54. The fourth-order valence-corrected chi connectivity index (χ4v) is 5.49. The van der Waals surface area contributed by atoms with Gasteiger partial charge in [-0.1, -0.05) is 6.07 Å². The highest BCUT2D eigenvalue weighted by molar-refractivity contribution is 7.89. The Balaban J connectivity index is 1.58. The maximum absolute atomic E-state index is 13.1. The van der Waals surface area contributed by atoms with E-state index < -0.39 is 15.9 Å². The van der Waals surface area contributed by atoms with E-state index in [4.69, 9.17) is 4.74 Å². The van der Waals surface area contributed by atoms with Crippen LogP contribution in [0.15, 0.2) is 41.4 Å². The monoisotopic (exact) mass is 443 g/mol. The third kappa shape index (κ3) is 4.18. The van der Waals surface area contributed by atoms with Gasteiger partial charge in [-0.05, 0) is 45.0 Å². The Hall–Kier alpha value is -2.82. The van der Waals surface area contributed by atoms with Crippen LogP contribution in [0.25, 0.3) is 11.0 Å². The first-order chi connectivity index (χ1) is 14.6. The first-order valence-corrected chi connectivity index (χ1v) is 11.5. The molecule has 1 N–H and O–H groups in total. The lowest BCUT2D eigenvalue weighted by Crippen LogP contribution is -2.48. The quantitative estimate of drug-likeness (QED) is 0.663. The molecular formula is C21H25N5O4S. The molecule has 0 bridgehead atoms. The van der Waals surface area contributed by atoms with E-state index in [-0.39, 0.29) is 35.8 Å². The van der Waals surface area contributed by atoms with Crippen LogP contribution in [0.4, 0.5) is 5.69 Å². The molecule has 1 aromatic carbocycles. The molecular weight excluding hydrogens is 418 g/mol. The number of rotatable bonds is 4.